The van der Waals surface area contributed by atoms with Gasteiger partial charge in [0.25, 0.3) is 5.91 Å². The van der Waals surface area contributed by atoms with Crippen molar-refractivity contribution in [2.75, 3.05) is 13.7 Å². The maximum absolute atomic E-state index is 10.8. The quantitative estimate of drug-likeness (QED) is 0.356. The Morgan fingerprint density at radius 1 is 1.64 bits per heavy atom. The summed E-state index contributed by atoms with van der Waals surface area (Å²) in [6, 6.07) is 1.16. The van der Waals surface area contributed by atoms with E-state index in [-0.39, 0.29) is 13.0 Å². The van der Waals surface area contributed by atoms with Gasteiger partial charge in [0.1, 0.15) is 13.3 Å². The highest BCUT2D eigenvalue weighted by molar-refractivity contribution is 6.29. The van der Waals surface area contributed by atoms with Crippen LogP contribution in [0.2, 0.25) is 0 Å². The second-order valence-electron chi connectivity index (χ2n) is 2.07. The second kappa shape index (κ2) is 7.54. The van der Waals surface area contributed by atoms with Gasteiger partial charge in [-0.2, -0.15) is 5.26 Å². The maximum Gasteiger partial charge on any atom is 0.321 e. The standard InChI is InChI=1S/C7H10N4O3/c1-14-10-5-6(12)11-7(13)9-4-2-3-8/h5H,2,4H2,1H3,(H2,9,11,12,13). The Morgan fingerprint density at radius 2 is 2.36 bits per heavy atom. The Hall–Kier alpha value is -2.10. The molecule has 3 amide bonds. The Labute approximate surface area is 80.7 Å². The number of nitrogens with zero attached hydrogens (tertiary/aromatic N) is 2. The van der Waals surface area contributed by atoms with E-state index in [9.17, 15) is 9.59 Å². The van der Waals surface area contributed by atoms with Gasteiger partial charge in [0.15, 0.2) is 0 Å². The normalized spacial score (nSPS) is 9.14. The average Bonchev–Trinajstić information content (AvgIpc) is 2.15. The van der Waals surface area contributed by atoms with Crippen molar-refractivity contribution in [2.24, 2.45) is 5.16 Å². The first kappa shape index (κ1) is 11.9. The van der Waals surface area contributed by atoms with Crippen molar-refractivity contribution in [3.63, 3.8) is 0 Å². The summed E-state index contributed by atoms with van der Waals surface area (Å²) >= 11 is 0. The van der Waals surface area contributed by atoms with Gasteiger partial charge >= 0.3 is 6.03 Å². The van der Waals surface area contributed by atoms with Crippen molar-refractivity contribution < 1.29 is 14.4 Å². The van der Waals surface area contributed by atoms with Gasteiger partial charge in [0, 0.05) is 6.54 Å². The van der Waals surface area contributed by atoms with E-state index in [0.717, 1.165) is 6.21 Å². The molecule has 0 saturated heterocycles. The molecule has 0 unspecified atom stereocenters. The van der Waals surface area contributed by atoms with Crippen LogP contribution in [0.25, 0.3) is 0 Å². The second-order valence-corrected chi connectivity index (χ2v) is 2.07. The predicted molar refractivity (Wildman–Crippen MR) is 47.3 cm³/mol. The molecular weight excluding hydrogens is 188 g/mol. The lowest BCUT2D eigenvalue weighted by Crippen LogP contribution is -2.40. The minimum Gasteiger partial charge on any atom is -0.399 e. The number of carbonyl (C=O) groups excluding carboxylic acids is 2. The molecule has 0 aromatic heterocycles. The minimum atomic E-state index is -0.693. The molecule has 0 fully saturated rings. The lowest BCUT2D eigenvalue weighted by molar-refractivity contribution is -0.113. The molecule has 0 heterocycles. The van der Waals surface area contributed by atoms with Gasteiger partial charge in [-0.1, -0.05) is 5.16 Å². The average molecular weight is 198 g/mol. The van der Waals surface area contributed by atoms with Crippen LogP contribution in [0.15, 0.2) is 5.16 Å². The number of urea groups is 1. The zero-order valence-electron chi connectivity index (χ0n) is 7.61. The Morgan fingerprint density at radius 3 is 2.93 bits per heavy atom. The zero-order chi connectivity index (χ0) is 10.8. The number of rotatable bonds is 4. The largest absolute Gasteiger partial charge is 0.399 e. The van der Waals surface area contributed by atoms with E-state index >= 15 is 0 Å². The summed E-state index contributed by atoms with van der Waals surface area (Å²) in [6.45, 7) is 0.192. The molecule has 0 radical (unpaired) electrons. The monoisotopic (exact) mass is 198 g/mol. The molecule has 0 aliphatic heterocycles. The van der Waals surface area contributed by atoms with E-state index in [2.05, 4.69) is 15.3 Å². The Kier molecular flexibility index (Phi) is 6.41. The van der Waals surface area contributed by atoms with Crippen LogP contribution < -0.4 is 10.6 Å². The van der Waals surface area contributed by atoms with Gasteiger partial charge in [0.2, 0.25) is 0 Å². The first-order chi connectivity index (χ1) is 6.70. The zero-order valence-corrected chi connectivity index (χ0v) is 7.61. The molecule has 0 bridgehead atoms. The molecule has 7 heteroatoms. The molecule has 0 saturated carbocycles. The van der Waals surface area contributed by atoms with E-state index < -0.39 is 11.9 Å². The Bertz CT molecular complexity index is 269. The molecule has 7 nitrogen and oxygen atoms in total. The van der Waals surface area contributed by atoms with Crippen LogP contribution in [-0.2, 0) is 9.63 Å². The van der Waals surface area contributed by atoms with Crippen LogP contribution >= 0.6 is 0 Å². The number of hydrogen-bond acceptors (Lipinski definition) is 5. The molecule has 14 heavy (non-hydrogen) atoms. The first-order valence-electron chi connectivity index (χ1n) is 3.73. The van der Waals surface area contributed by atoms with Crippen LogP contribution in [-0.4, -0.2) is 31.8 Å². The SMILES string of the molecule is CON=CC(=O)NC(=O)NCCC#N. The molecule has 2 N–H and O–H groups in total. The smallest absolute Gasteiger partial charge is 0.321 e. The summed E-state index contributed by atoms with van der Waals surface area (Å²) in [6.07, 6.45) is 1.01. The molecule has 0 aliphatic carbocycles. The fourth-order valence-corrected chi connectivity index (χ4v) is 0.521. The number of oxime groups is 1. The lowest BCUT2D eigenvalue weighted by Gasteiger charge is -2.01. The van der Waals surface area contributed by atoms with Crippen molar-refractivity contribution in [3.05, 3.63) is 0 Å². The molecule has 0 aromatic rings. The number of amides is 3. The topological polar surface area (TPSA) is 104 Å². The third kappa shape index (κ3) is 6.60. The summed E-state index contributed by atoms with van der Waals surface area (Å²) in [5.41, 5.74) is 0. The lowest BCUT2D eigenvalue weighted by atomic mass is 10.5. The van der Waals surface area contributed by atoms with E-state index in [1.807, 2.05) is 11.4 Å². The molecule has 0 atom stereocenters. The van der Waals surface area contributed by atoms with Crippen molar-refractivity contribution in [1.29, 1.82) is 5.26 Å². The van der Waals surface area contributed by atoms with Crippen LogP contribution in [0.3, 0.4) is 0 Å². The number of nitrogens with one attached hydrogen (secondary N) is 2. The molecular formula is C7H10N4O3. The molecule has 0 spiro atoms. The third-order valence-corrected chi connectivity index (χ3v) is 1.03. The van der Waals surface area contributed by atoms with Crippen molar-refractivity contribution >= 4 is 18.2 Å². The summed E-state index contributed by atoms with van der Waals surface area (Å²) < 4.78 is 0. The van der Waals surface area contributed by atoms with Gasteiger partial charge < -0.3 is 10.2 Å². The van der Waals surface area contributed by atoms with E-state index in [4.69, 9.17) is 5.26 Å². The predicted octanol–water partition coefficient (Wildman–Crippen LogP) is -0.642. The Balaban J connectivity index is 3.67. The highest BCUT2D eigenvalue weighted by Crippen LogP contribution is 1.72. The highest BCUT2D eigenvalue weighted by atomic mass is 16.6. The fraction of sp³-hybridized carbons (Fsp3) is 0.429. The number of nitriles is 1. The number of carbonyl (C=O) groups is 2. The van der Waals surface area contributed by atoms with Crippen LogP contribution in [0, 0.1) is 11.3 Å². The van der Waals surface area contributed by atoms with Crippen molar-refractivity contribution in [2.45, 2.75) is 6.42 Å². The van der Waals surface area contributed by atoms with Crippen molar-refractivity contribution in [1.82, 2.24) is 10.6 Å². The van der Waals surface area contributed by atoms with Crippen LogP contribution in [0.5, 0.6) is 0 Å². The highest BCUT2D eigenvalue weighted by Gasteiger charge is 2.03. The van der Waals surface area contributed by atoms with Crippen LogP contribution in [0.4, 0.5) is 4.79 Å². The van der Waals surface area contributed by atoms with Gasteiger partial charge in [-0.3, -0.25) is 10.1 Å². The fourth-order valence-electron chi connectivity index (χ4n) is 0.521. The van der Waals surface area contributed by atoms with E-state index in [0.29, 0.717) is 0 Å². The molecule has 0 aliphatic rings. The van der Waals surface area contributed by atoms with Gasteiger partial charge in [-0.15, -0.1) is 0 Å². The molecule has 0 rings (SSSR count). The minimum absolute atomic E-state index is 0.188. The van der Waals surface area contributed by atoms with Gasteiger partial charge in [-0.05, 0) is 0 Å². The van der Waals surface area contributed by atoms with Crippen molar-refractivity contribution in [3.8, 4) is 6.07 Å². The van der Waals surface area contributed by atoms with Crippen LogP contribution in [0.1, 0.15) is 6.42 Å². The van der Waals surface area contributed by atoms with Gasteiger partial charge in [-0.25, -0.2) is 4.79 Å². The summed E-state index contributed by atoms with van der Waals surface area (Å²) in [5.74, 6) is -0.693. The maximum atomic E-state index is 10.8. The summed E-state index contributed by atoms with van der Waals surface area (Å²) in [4.78, 5) is 25.8. The summed E-state index contributed by atoms with van der Waals surface area (Å²) in [7, 11) is 1.27. The first-order valence-corrected chi connectivity index (χ1v) is 3.73. The summed E-state index contributed by atoms with van der Waals surface area (Å²) in [5, 5.41) is 15.5. The third-order valence-electron chi connectivity index (χ3n) is 1.03. The van der Waals surface area contributed by atoms with Gasteiger partial charge in [0.05, 0.1) is 12.5 Å². The number of hydrogen-bond donors (Lipinski definition) is 2. The van der Waals surface area contributed by atoms with E-state index in [1.54, 1.807) is 0 Å². The van der Waals surface area contributed by atoms with E-state index in [1.165, 1.54) is 7.11 Å². The number of imide groups is 1. The molecule has 0 aromatic carbocycles. The molecule has 76 valence electrons.